The van der Waals surface area contributed by atoms with Crippen LogP contribution in [0.1, 0.15) is 26.3 Å². The minimum atomic E-state index is -0.0873. The molecular weight excluding hydrogens is 318 g/mol. The number of nitrogens with one attached hydrogen (secondary N) is 1. The van der Waals surface area contributed by atoms with E-state index in [4.69, 9.17) is 14.2 Å². The summed E-state index contributed by atoms with van der Waals surface area (Å²) in [5, 5.41) is 2.88. The van der Waals surface area contributed by atoms with Crippen molar-refractivity contribution in [2.45, 2.75) is 27.2 Å². The standard InChI is InChI=1S/C20H25NO4/c1-4-23-17-10-8-16(9-11-17)21-20(22)14-15-7-12-18(24-5-2)19(13-15)25-6-3/h7-13H,4-6,14H2,1-3H3,(H,21,22). The van der Waals surface area contributed by atoms with Crippen LogP contribution in [0.5, 0.6) is 17.2 Å². The predicted octanol–water partition coefficient (Wildman–Crippen LogP) is 4.06. The Kier molecular flexibility index (Phi) is 7.14. The molecule has 1 N–H and O–H groups in total. The molecule has 0 aliphatic carbocycles. The van der Waals surface area contributed by atoms with Gasteiger partial charge in [0.1, 0.15) is 5.75 Å². The quantitative estimate of drug-likeness (QED) is 0.746. The second-order valence-electron chi connectivity index (χ2n) is 5.33. The fourth-order valence-electron chi connectivity index (χ4n) is 2.40. The van der Waals surface area contributed by atoms with Gasteiger partial charge in [0.25, 0.3) is 0 Å². The molecule has 0 spiro atoms. The van der Waals surface area contributed by atoms with Gasteiger partial charge in [0.05, 0.1) is 26.2 Å². The van der Waals surface area contributed by atoms with Crippen molar-refractivity contribution in [3.05, 3.63) is 48.0 Å². The Labute approximate surface area is 148 Å². The van der Waals surface area contributed by atoms with Crippen LogP contribution in [-0.2, 0) is 11.2 Å². The molecule has 0 atom stereocenters. The number of carbonyl (C=O) groups is 1. The van der Waals surface area contributed by atoms with Crippen molar-refractivity contribution in [3.63, 3.8) is 0 Å². The molecule has 0 radical (unpaired) electrons. The lowest BCUT2D eigenvalue weighted by Gasteiger charge is -2.12. The summed E-state index contributed by atoms with van der Waals surface area (Å²) in [6.07, 6.45) is 0.264. The van der Waals surface area contributed by atoms with Gasteiger partial charge in [0.2, 0.25) is 5.91 Å². The number of carbonyl (C=O) groups excluding carboxylic acids is 1. The average molecular weight is 343 g/mol. The Bertz CT molecular complexity index is 683. The predicted molar refractivity (Wildman–Crippen MR) is 98.7 cm³/mol. The lowest BCUT2D eigenvalue weighted by Crippen LogP contribution is -2.14. The number of rotatable bonds is 9. The smallest absolute Gasteiger partial charge is 0.228 e. The van der Waals surface area contributed by atoms with Crippen molar-refractivity contribution >= 4 is 11.6 Å². The van der Waals surface area contributed by atoms with E-state index in [9.17, 15) is 4.79 Å². The van der Waals surface area contributed by atoms with Crippen LogP contribution >= 0.6 is 0 Å². The van der Waals surface area contributed by atoms with Crippen LogP contribution in [0.4, 0.5) is 5.69 Å². The molecule has 5 nitrogen and oxygen atoms in total. The summed E-state index contributed by atoms with van der Waals surface area (Å²) in [6.45, 7) is 7.50. The van der Waals surface area contributed by atoms with Gasteiger partial charge in [-0.3, -0.25) is 4.79 Å². The molecular formula is C20H25NO4. The number of ether oxygens (including phenoxy) is 3. The number of hydrogen-bond donors (Lipinski definition) is 1. The van der Waals surface area contributed by atoms with Crippen molar-refractivity contribution in [3.8, 4) is 17.2 Å². The Morgan fingerprint density at radius 1 is 0.840 bits per heavy atom. The summed E-state index contributed by atoms with van der Waals surface area (Å²) in [7, 11) is 0. The molecule has 0 bridgehead atoms. The number of amides is 1. The van der Waals surface area contributed by atoms with E-state index in [1.165, 1.54) is 0 Å². The monoisotopic (exact) mass is 343 g/mol. The average Bonchev–Trinajstić information content (AvgIpc) is 2.59. The number of anilines is 1. The Hall–Kier alpha value is -2.69. The molecule has 0 saturated heterocycles. The van der Waals surface area contributed by atoms with Gasteiger partial charge in [0, 0.05) is 5.69 Å². The Morgan fingerprint density at radius 2 is 1.48 bits per heavy atom. The SMILES string of the molecule is CCOc1ccc(NC(=O)Cc2ccc(OCC)c(OCC)c2)cc1. The highest BCUT2D eigenvalue weighted by molar-refractivity contribution is 5.92. The maximum atomic E-state index is 12.3. The highest BCUT2D eigenvalue weighted by atomic mass is 16.5. The molecule has 2 aromatic rings. The molecule has 0 saturated carbocycles. The molecule has 0 aliphatic heterocycles. The van der Waals surface area contributed by atoms with Crippen LogP contribution in [0.2, 0.25) is 0 Å². The molecule has 25 heavy (non-hydrogen) atoms. The number of benzene rings is 2. The zero-order chi connectivity index (χ0) is 18.1. The van der Waals surface area contributed by atoms with Gasteiger partial charge in [-0.1, -0.05) is 6.07 Å². The van der Waals surface area contributed by atoms with E-state index >= 15 is 0 Å². The largest absolute Gasteiger partial charge is 0.494 e. The molecule has 0 aromatic heterocycles. The van der Waals surface area contributed by atoms with E-state index in [1.54, 1.807) is 0 Å². The van der Waals surface area contributed by atoms with E-state index in [-0.39, 0.29) is 12.3 Å². The first-order chi connectivity index (χ1) is 12.2. The Balaban J connectivity index is 2.00. The molecule has 0 aliphatic rings. The lowest BCUT2D eigenvalue weighted by atomic mass is 10.1. The third-order valence-electron chi connectivity index (χ3n) is 3.42. The first kappa shape index (κ1) is 18.6. The summed E-state index contributed by atoms with van der Waals surface area (Å²) < 4.78 is 16.5. The maximum Gasteiger partial charge on any atom is 0.228 e. The second-order valence-corrected chi connectivity index (χ2v) is 5.33. The number of hydrogen-bond acceptors (Lipinski definition) is 4. The van der Waals surface area contributed by atoms with Gasteiger partial charge < -0.3 is 19.5 Å². The van der Waals surface area contributed by atoms with Gasteiger partial charge in [-0.25, -0.2) is 0 Å². The van der Waals surface area contributed by atoms with Gasteiger partial charge >= 0.3 is 0 Å². The van der Waals surface area contributed by atoms with E-state index in [0.29, 0.717) is 31.3 Å². The van der Waals surface area contributed by atoms with Crippen LogP contribution in [-0.4, -0.2) is 25.7 Å². The van der Waals surface area contributed by atoms with E-state index < -0.39 is 0 Å². The van der Waals surface area contributed by atoms with Crippen molar-refractivity contribution in [1.82, 2.24) is 0 Å². The van der Waals surface area contributed by atoms with Gasteiger partial charge in [-0.05, 0) is 62.7 Å². The van der Waals surface area contributed by atoms with Crippen LogP contribution in [0.25, 0.3) is 0 Å². The molecule has 134 valence electrons. The first-order valence-corrected chi connectivity index (χ1v) is 8.57. The summed E-state index contributed by atoms with van der Waals surface area (Å²) in [6, 6.07) is 12.9. The summed E-state index contributed by atoms with van der Waals surface area (Å²) in [5.74, 6) is 2.06. The fourth-order valence-corrected chi connectivity index (χ4v) is 2.40. The first-order valence-electron chi connectivity index (χ1n) is 8.57. The zero-order valence-electron chi connectivity index (χ0n) is 15.0. The minimum absolute atomic E-state index is 0.0873. The van der Waals surface area contributed by atoms with Crippen molar-refractivity contribution in [2.24, 2.45) is 0 Å². The van der Waals surface area contributed by atoms with Crippen LogP contribution in [0.3, 0.4) is 0 Å². The third kappa shape index (κ3) is 5.71. The van der Waals surface area contributed by atoms with Crippen molar-refractivity contribution in [2.75, 3.05) is 25.1 Å². The molecule has 0 fully saturated rings. The lowest BCUT2D eigenvalue weighted by molar-refractivity contribution is -0.115. The molecule has 0 heterocycles. The molecule has 2 rings (SSSR count). The van der Waals surface area contributed by atoms with E-state index in [0.717, 1.165) is 17.0 Å². The highest BCUT2D eigenvalue weighted by Crippen LogP contribution is 2.28. The normalized spacial score (nSPS) is 10.2. The topological polar surface area (TPSA) is 56.8 Å². The van der Waals surface area contributed by atoms with E-state index in [2.05, 4.69) is 5.32 Å². The van der Waals surface area contributed by atoms with Crippen LogP contribution in [0.15, 0.2) is 42.5 Å². The molecule has 5 heteroatoms. The minimum Gasteiger partial charge on any atom is -0.494 e. The zero-order valence-corrected chi connectivity index (χ0v) is 15.0. The fraction of sp³-hybridized carbons (Fsp3) is 0.350. The van der Waals surface area contributed by atoms with Gasteiger partial charge in [0.15, 0.2) is 11.5 Å². The summed E-state index contributed by atoms with van der Waals surface area (Å²) in [4.78, 5) is 12.3. The van der Waals surface area contributed by atoms with Crippen molar-refractivity contribution < 1.29 is 19.0 Å². The van der Waals surface area contributed by atoms with Gasteiger partial charge in [-0.15, -0.1) is 0 Å². The molecule has 0 unspecified atom stereocenters. The van der Waals surface area contributed by atoms with Crippen molar-refractivity contribution in [1.29, 1.82) is 0 Å². The van der Waals surface area contributed by atoms with Crippen LogP contribution in [0, 0.1) is 0 Å². The summed E-state index contributed by atoms with van der Waals surface area (Å²) in [5.41, 5.74) is 1.61. The molecule has 1 amide bonds. The Morgan fingerprint density at radius 3 is 2.12 bits per heavy atom. The van der Waals surface area contributed by atoms with E-state index in [1.807, 2.05) is 63.2 Å². The maximum absolute atomic E-state index is 12.3. The van der Waals surface area contributed by atoms with Crippen LogP contribution < -0.4 is 19.5 Å². The highest BCUT2D eigenvalue weighted by Gasteiger charge is 2.10. The second kappa shape index (κ2) is 9.57. The summed E-state index contributed by atoms with van der Waals surface area (Å²) >= 11 is 0. The third-order valence-corrected chi connectivity index (χ3v) is 3.42. The van der Waals surface area contributed by atoms with Gasteiger partial charge in [-0.2, -0.15) is 0 Å². The molecule has 2 aromatic carbocycles.